The van der Waals surface area contributed by atoms with Crippen LogP contribution in [0.3, 0.4) is 0 Å². The maximum Gasteiger partial charge on any atom is 0.0490 e. The zero-order valence-corrected chi connectivity index (χ0v) is 7.90. The van der Waals surface area contributed by atoms with E-state index in [1.54, 1.807) is 6.20 Å². The van der Waals surface area contributed by atoms with Crippen molar-refractivity contribution in [3.8, 4) is 0 Å². The van der Waals surface area contributed by atoms with Crippen LogP contribution in [0.15, 0.2) is 36.5 Å². The number of benzene rings is 1. The summed E-state index contributed by atoms with van der Waals surface area (Å²) >= 11 is 0. The van der Waals surface area contributed by atoms with Gasteiger partial charge in [0.1, 0.15) is 0 Å². The van der Waals surface area contributed by atoms with E-state index in [-0.39, 0.29) is 0 Å². The van der Waals surface area contributed by atoms with Crippen molar-refractivity contribution in [1.29, 1.82) is 0 Å². The molecule has 0 saturated carbocycles. The van der Waals surface area contributed by atoms with E-state index in [2.05, 4.69) is 34.5 Å². The smallest absolute Gasteiger partial charge is 0.0490 e. The van der Waals surface area contributed by atoms with Crippen molar-refractivity contribution >= 4 is 0 Å². The highest BCUT2D eigenvalue weighted by Gasteiger charge is 1.96. The Morgan fingerprint density at radius 3 is 2.36 bits per heavy atom. The summed E-state index contributed by atoms with van der Waals surface area (Å²) < 4.78 is 0. The van der Waals surface area contributed by atoms with E-state index in [9.17, 15) is 0 Å². The molecule has 1 heterocycles. The van der Waals surface area contributed by atoms with Crippen molar-refractivity contribution in [2.45, 2.75) is 13.0 Å². The number of nitrogens with zero attached hydrogens (tertiary/aromatic N) is 1. The first-order chi connectivity index (χ1) is 6.88. The zero-order valence-electron chi connectivity index (χ0n) is 7.90. The van der Waals surface area contributed by atoms with Crippen molar-refractivity contribution in [3.63, 3.8) is 0 Å². The Kier molecular flexibility index (Phi) is 2.60. The van der Waals surface area contributed by atoms with Crippen LogP contribution in [0.5, 0.6) is 0 Å². The monoisotopic (exact) mass is 187 g/mol. The molecule has 0 aliphatic rings. The molecule has 0 atom stereocenters. The number of nitrogens with two attached hydrogens (primary N) is 1. The van der Waals surface area contributed by atoms with E-state index in [4.69, 9.17) is 5.73 Å². The number of nitrogens with one attached hydrogen (secondary N) is 1. The lowest BCUT2D eigenvalue weighted by Gasteiger charge is -2.00. The lowest BCUT2D eigenvalue weighted by molar-refractivity contribution is 0.993. The highest BCUT2D eigenvalue weighted by Crippen LogP contribution is 2.08. The molecule has 3 nitrogen and oxygen atoms in total. The molecule has 0 bridgehead atoms. The van der Waals surface area contributed by atoms with E-state index in [0.717, 1.165) is 12.1 Å². The van der Waals surface area contributed by atoms with Crippen LogP contribution in [0.1, 0.15) is 16.8 Å². The molecule has 14 heavy (non-hydrogen) atoms. The lowest BCUT2D eigenvalue weighted by Crippen LogP contribution is -1.96. The minimum absolute atomic E-state index is 0.602. The quantitative estimate of drug-likeness (QED) is 0.764. The average Bonchev–Trinajstić information content (AvgIpc) is 2.72. The van der Waals surface area contributed by atoms with Crippen LogP contribution in [0.2, 0.25) is 0 Å². The van der Waals surface area contributed by atoms with Crippen molar-refractivity contribution in [2.75, 3.05) is 0 Å². The predicted octanol–water partition coefficient (Wildman–Crippen LogP) is 1.46. The Morgan fingerprint density at radius 2 is 1.79 bits per heavy atom. The Bertz CT molecular complexity index is 375. The van der Waals surface area contributed by atoms with Crippen molar-refractivity contribution < 1.29 is 0 Å². The fourth-order valence-corrected chi connectivity index (χ4v) is 1.40. The summed E-state index contributed by atoms with van der Waals surface area (Å²) in [6.07, 6.45) is 2.66. The zero-order chi connectivity index (χ0) is 9.80. The van der Waals surface area contributed by atoms with Gasteiger partial charge in [0.2, 0.25) is 0 Å². The van der Waals surface area contributed by atoms with Crippen LogP contribution < -0.4 is 5.73 Å². The average molecular weight is 187 g/mol. The van der Waals surface area contributed by atoms with Gasteiger partial charge in [0.25, 0.3) is 0 Å². The van der Waals surface area contributed by atoms with Gasteiger partial charge in [-0.1, -0.05) is 24.3 Å². The first-order valence-corrected chi connectivity index (χ1v) is 4.64. The van der Waals surface area contributed by atoms with Gasteiger partial charge < -0.3 is 5.73 Å². The molecular formula is C11H13N3. The highest BCUT2D eigenvalue weighted by molar-refractivity contribution is 5.25. The Labute approximate surface area is 83.0 Å². The van der Waals surface area contributed by atoms with Crippen LogP contribution in [-0.4, -0.2) is 10.2 Å². The number of hydrogen-bond donors (Lipinski definition) is 2. The summed E-state index contributed by atoms with van der Waals surface area (Å²) in [5, 5.41) is 6.85. The van der Waals surface area contributed by atoms with Gasteiger partial charge in [-0.2, -0.15) is 5.10 Å². The molecule has 0 amide bonds. The van der Waals surface area contributed by atoms with E-state index < -0.39 is 0 Å². The normalized spacial score (nSPS) is 10.4. The second-order valence-electron chi connectivity index (χ2n) is 3.28. The largest absolute Gasteiger partial charge is 0.326 e. The summed E-state index contributed by atoms with van der Waals surface area (Å²) in [7, 11) is 0. The third-order valence-corrected chi connectivity index (χ3v) is 2.21. The summed E-state index contributed by atoms with van der Waals surface area (Å²) in [5.74, 6) is 0. The fourth-order valence-electron chi connectivity index (χ4n) is 1.40. The number of H-pyrrole nitrogens is 1. The van der Waals surface area contributed by atoms with Gasteiger partial charge in [-0.05, 0) is 17.2 Å². The van der Waals surface area contributed by atoms with Gasteiger partial charge in [0.15, 0.2) is 0 Å². The summed E-state index contributed by atoms with van der Waals surface area (Å²) in [4.78, 5) is 0. The Balaban J connectivity index is 2.10. The van der Waals surface area contributed by atoms with Crippen molar-refractivity contribution in [1.82, 2.24) is 10.2 Å². The second-order valence-corrected chi connectivity index (χ2v) is 3.28. The maximum atomic E-state index is 5.52. The van der Waals surface area contributed by atoms with Gasteiger partial charge >= 0.3 is 0 Å². The fraction of sp³-hybridized carbons (Fsp3) is 0.182. The minimum Gasteiger partial charge on any atom is -0.326 e. The first kappa shape index (κ1) is 8.97. The molecule has 1 aromatic carbocycles. The minimum atomic E-state index is 0.602. The topological polar surface area (TPSA) is 54.7 Å². The standard InChI is InChI=1S/C11H13N3/c12-8-10-3-1-9(2-4-10)7-11-5-6-13-14-11/h1-6H,7-8,12H2,(H,13,14). The molecule has 2 aromatic rings. The number of aromatic nitrogens is 2. The molecule has 0 fully saturated rings. The van der Waals surface area contributed by atoms with E-state index in [1.165, 1.54) is 11.1 Å². The van der Waals surface area contributed by atoms with Crippen LogP contribution in [0.25, 0.3) is 0 Å². The molecule has 0 aliphatic heterocycles. The first-order valence-electron chi connectivity index (χ1n) is 4.64. The maximum absolute atomic E-state index is 5.52. The molecule has 0 unspecified atom stereocenters. The molecule has 72 valence electrons. The van der Waals surface area contributed by atoms with Gasteiger partial charge in [0.05, 0.1) is 0 Å². The highest BCUT2D eigenvalue weighted by atomic mass is 15.1. The van der Waals surface area contributed by atoms with Gasteiger partial charge in [-0.15, -0.1) is 0 Å². The van der Waals surface area contributed by atoms with E-state index in [1.807, 2.05) is 6.07 Å². The van der Waals surface area contributed by atoms with Crippen LogP contribution in [0.4, 0.5) is 0 Å². The summed E-state index contributed by atoms with van der Waals surface area (Å²) in [6.45, 7) is 0.602. The van der Waals surface area contributed by atoms with Crippen LogP contribution in [-0.2, 0) is 13.0 Å². The van der Waals surface area contributed by atoms with Gasteiger partial charge in [-0.25, -0.2) is 0 Å². The van der Waals surface area contributed by atoms with Crippen molar-refractivity contribution in [2.24, 2.45) is 5.73 Å². The Morgan fingerprint density at radius 1 is 1.07 bits per heavy atom. The molecule has 3 heteroatoms. The molecule has 2 rings (SSSR count). The van der Waals surface area contributed by atoms with Crippen LogP contribution in [0, 0.1) is 0 Å². The third-order valence-electron chi connectivity index (χ3n) is 2.21. The number of rotatable bonds is 3. The van der Waals surface area contributed by atoms with Crippen molar-refractivity contribution in [3.05, 3.63) is 53.3 Å². The van der Waals surface area contributed by atoms with Gasteiger partial charge in [0, 0.05) is 24.9 Å². The molecule has 3 N–H and O–H groups in total. The molecule has 0 aliphatic carbocycles. The molecule has 1 aromatic heterocycles. The predicted molar refractivity (Wildman–Crippen MR) is 55.7 cm³/mol. The molecule has 0 saturated heterocycles. The summed E-state index contributed by atoms with van der Waals surface area (Å²) in [6, 6.07) is 10.3. The van der Waals surface area contributed by atoms with E-state index in [0.29, 0.717) is 6.54 Å². The molecule has 0 radical (unpaired) electrons. The Hall–Kier alpha value is -1.61. The third kappa shape index (κ3) is 2.00. The molecule has 0 spiro atoms. The van der Waals surface area contributed by atoms with Crippen LogP contribution >= 0.6 is 0 Å². The van der Waals surface area contributed by atoms with Gasteiger partial charge in [-0.3, -0.25) is 5.10 Å². The second kappa shape index (κ2) is 4.07. The number of hydrogen-bond acceptors (Lipinski definition) is 2. The van der Waals surface area contributed by atoms with E-state index >= 15 is 0 Å². The molecular weight excluding hydrogens is 174 g/mol. The SMILES string of the molecule is NCc1ccc(Cc2ccn[nH]2)cc1. The lowest BCUT2D eigenvalue weighted by atomic mass is 10.1. The summed E-state index contributed by atoms with van der Waals surface area (Å²) in [5.41, 5.74) is 9.08. The number of aromatic amines is 1.